The second kappa shape index (κ2) is 13.9. The lowest BCUT2D eigenvalue weighted by Crippen LogP contribution is -2.26. The van der Waals surface area contributed by atoms with Crippen LogP contribution in [0, 0.1) is 0 Å². The molecule has 2 aliphatic heterocycles. The molecule has 0 bridgehead atoms. The number of nitrogens with zero attached hydrogens (tertiary/aromatic N) is 1. The molecule has 1 N–H and O–H groups in total. The highest BCUT2D eigenvalue weighted by Gasteiger charge is 2.36. The van der Waals surface area contributed by atoms with Crippen LogP contribution in [0.3, 0.4) is 0 Å². The van der Waals surface area contributed by atoms with E-state index in [1.165, 1.54) is 18.2 Å². The minimum atomic E-state index is -4.62. The molecule has 0 unspecified atom stereocenters. The molecule has 1 atom stereocenters. The number of likely N-dealkylation sites (tertiary alicyclic amines) is 1. The number of halogens is 5. The largest absolute Gasteiger partial charge is 0.508 e. The Balaban J connectivity index is 0.00000423. The molecule has 10 heteroatoms. The number of ether oxygens (including phenoxy) is 3. The van der Waals surface area contributed by atoms with Crippen LogP contribution in [0.1, 0.15) is 55.4 Å². The SMILES string of the molecule is CC(C)Oc1ccc(C2=C(c3ccc(O[C@H]4CCN(CCCF)C4)cc3)c3ccc(O)cc3OCC2)c(C(F)(F)F)c1.Cl. The molecule has 3 aromatic carbocycles. The van der Waals surface area contributed by atoms with Crippen molar-refractivity contribution in [3.63, 3.8) is 0 Å². The van der Waals surface area contributed by atoms with Gasteiger partial charge in [-0.05, 0) is 85.4 Å². The zero-order valence-electron chi connectivity index (χ0n) is 24.1. The fourth-order valence-corrected chi connectivity index (χ4v) is 5.63. The molecule has 5 nitrogen and oxygen atoms in total. The van der Waals surface area contributed by atoms with E-state index in [9.17, 15) is 22.7 Å². The van der Waals surface area contributed by atoms with E-state index >= 15 is 0 Å². The molecule has 232 valence electrons. The highest BCUT2D eigenvalue weighted by atomic mass is 35.5. The van der Waals surface area contributed by atoms with Gasteiger partial charge in [0.05, 0.1) is 24.9 Å². The Labute approximate surface area is 255 Å². The van der Waals surface area contributed by atoms with E-state index in [0.29, 0.717) is 46.7 Å². The minimum absolute atomic E-state index is 0. The summed E-state index contributed by atoms with van der Waals surface area (Å²) in [4.78, 5) is 2.18. The quantitative estimate of drug-likeness (QED) is 0.244. The van der Waals surface area contributed by atoms with E-state index in [1.54, 1.807) is 26.0 Å². The van der Waals surface area contributed by atoms with Crippen LogP contribution in [0.15, 0.2) is 60.7 Å². The number of aromatic hydroxyl groups is 1. The Bertz CT molecular complexity index is 1430. The lowest BCUT2D eigenvalue weighted by molar-refractivity contribution is -0.137. The van der Waals surface area contributed by atoms with Crippen LogP contribution >= 0.6 is 12.4 Å². The first kappa shape index (κ1) is 32.5. The summed E-state index contributed by atoms with van der Waals surface area (Å²) in [6.07, 6.45) is -3.35. The number of phenols is 1. The zero-order chi connectivity index (χ0) is 29.9. The summed E-state index contributed by atoms with van der Waals surface area (Å²) in [5.41, 5.74) is 1.63. The molecule has 1 fully saturated rings. The molecule has 3 aromatic rings. The molecule has 0 amide bonds. The molecule has 0 spiro atoms. The van der Waals surface area contributed by atoms with E-state index < -0.39 is 11.7 Å². The highest BCUT2D eigenvalue weighted by Crippen LogP contribution is 2.46. The van der Waals surface area contributed by atoms with Crippen LogP contribution in [0.25, 0.3) is 11.1 Å². The Kier molecular flexibility index (Phi) is 10.5. The number of phenolic OH excluding ortho intramolecular Hbond substituents is 1. The first-order valence-corrected chi connectivity index (χ1v) is 14.3. The molecule has 0 aliphatic carbocycles. The molecule has 2 heterocycles. The summed E-state index contributed by atoms with van der Waals surface area (Å²) >= 11 is 0. The lowest BCUT2D eigenvalue weighted by atomic mass is 9.86. The van der Waals surface area contributed by atoms with E-state index in [2.05, 4.69) is 4.90 Å². The predicted molar refractivity (Wildman–Crippen MR) is 161 cm³/mol. The van der Waals surface area contributed by atoms with Crippen LogP contribution in [0.2, 0.25) is 0 Å². The van der Waals surface area contributed by atoms with Crippen molar-refractivity contribution >= 4 is 23.6 Å². The van der Waals surface area contributed by atoms with Crippen LogP contribution in [0.4, 0.5) is 17.6 Å². The smallest absolute Gasteiger partial charge is 0.417 e. The number of hydrogen-bond donors (Lipinski definition) is 1. The maximum absolute atomic E-state index is 14.5. The van der Waals surface area contributed by atoms with Crippen molar-refractivity contribution in [2.75, 3.05) is 32.9 Å². The molecular formula is C33H36ClF4NO4. The van der Waals surface area contributed by atoms with E-state index in [0.717, 1.165) is 25.6 Å². The van der Waals surface area contributed by atoms with Crippen molar-refractivity contribution in [3.05, 3.63) is 82.9 Å². The molecule has 5 rings (SSSR count). The van der Waals surface area contributed by atoms with Gasteiger partial charge in [0.15, 0.2) is 0 Å². The molecule has 43 heavy (non-hydrogen) atoms. The van der Waals surface area contributed by atoms with Gasteiger partial charge >= 0.3 is 6.18 Å². The molecule has 0 radical (unpaired) electrons. The first-order valence-electron chi connectivity index (χ1n) is 14.3. The number of alkyl halides is 4. The summed E-state index contributed by atoms with van der Waals surface area (Å²) in [6.45, 7) is 5.61. The van der Waals surface area contributed by atoms with Crippen molar-refractivity contribution in [2.24, 2.45) is 0 Å². The molecular weight excluding hydrogens is 586 g/mol. The third-order valence-corrected chi connectivity index (χ3v) is 7.42. The third kappa shape index (κ3) is 7.75. The van der Waals surface area contributed by atoms with Crippen molar-refractivity contribution in [1.29, 1.82) is 0 Å². The van der Waals surface area contributed by atoms with Crippen LogP contribution in [-0.4, -0.2) is 55.1 Å². The summed E-state index contributed by atoms with van der Waals surface area (Å²) in [5.74, 6) is 1.20. The zero-order valence-corrected chi connectivity index (χ0v) is 24.9. The maximum atomic E-state index is 14.5. The molecule has 0 aromatic heterocycles. The van der Waals surface area contributed by atoms with Gasteiger partial charge in [-0.2, -0.15) is 13.2 Å². The van der Waals surface area contributed by atoms with Crippen LogP contribution < -0.4 is 14.2 Å². The number of fused-ring (bicyclic) bond motifs is 1. The summed E-state index contributed by atoms with van der Waals surface area (Å²) in [6, 6.07) is 16.1. The Morgan fingerprint density at radius 3 is 2.42 bits per heavy atom. The monoisotopic (exact) mass is 621 g/mol. The average Bonchev–Trinajstić information content (AvgIpc) is 3.30. The highest BCUT2D eigenvalue weighted by molar-refractivity contribution is 6.01. The molecule has 2 aliphatic rings. The van der Waals surface area contributed by atoms with Crippen LogP contribution in [-0.2, 0) is 6.18 Å². The van der Waals surface area contributed by atoms with E-state index in [4.69, 9.17) is 14.2 Å². The topological polar surface area (TPSA) is 51.2 Å². The van der Waals surface area contributed by atoms with Crippen molar-refractivity contribution < 1.29 is 36.9 Å². The van der Waals surface area contributed by atoms with Gasteiger partial charge in [-0.1, -0.05) is 18.2 Å². The third-order valence-electron chi connectivity index (χ3n) is 7.42. The Morgan fingerprint density at radius 2 is 1.72 bits per heavy atom. The minimum Gasteiger partial charge on any atom is -0.508 e. The van der Waals surface area contributed by atoms with E-state index in [-0.39, 0.29) is 61.4 Å². The molecule has 0 saturated carbocycles. The van der Waals surface area contributed by atoms with Gasteiger partial charge in [0.25, 0.3) is 0 Å². The number of hydrogen-bond acceptors (Lipinski definition) is 5. The van der Waals surface area contributed by atoms with Crippen molar-refractivity contribution in [3.8, 4) is 23.0 Å². The fraction of sp³-hybridized carbons (Fsp3) is 0.394. The summed E-state index contributed by atoms with van der Waals surface area (Å²) in [5, 5.41) is 10.1. The van der Waals surface area contributed by atoms with E-state index in [1.807, 2.05) is 24.3 Å². The number of benzene rings is 3. The van der Waals surface area contributed by atoms with Crippen molar-refractivity contribution in [2.45, 2.75) is 51.5 Å². The van der Waals surface area contributed by atoms with Crippen LogP contribution in [0.5, 0.6) is 23.0 Å². The predicted octanol–water partition coefficient (Wildman–Crippen LogP) is 8.17. The Morgan fingerprint density at radius 1 is 1.00 bits per heavy atom. The fourth-order valence-electron chi connectivity index (χ4n) is 5.63. The Hall–Kier alpha value is -3.43. The standard InChI is InChI=1S/C33H35F4NO4.ClH/c1-21(2)41-25-9-11-27(30(19-25)33(35,36)37)28-13-17-40-31-18-23(39)6-10-29(31)32(28)22-4-7-24(8-5-22)42-26-12-16-38(20-26)15-3-14-34;/h4-11,18-19,21,26,39H,3,12-17,20H2,1-2H3;1H/t26-;/m0./s1. The number of rotatable bonds is 9. The second-order valence-electron chi connectivity index (χ2n) is 10.9. The first-order chi connectivity index (χ1) is 20.1. The average molecular weight is 622 g/mol. The van der Waals surface area contributed by atoms with Gasteiger partial charge < -0.3 is 19.3 Å². The van der Waals surface area contributed by atoms with Gasteiger partial charge in [0, 0.05) is 37.7 Å². The van der Waals surface area contributed by atoms with Crippen molar-refractivity contribution in [1.82, 2.24) is 4.90 Å². The lowest BCUT2D eigenvalue weighted by Gasteiger charge is -2.21. The molecule has 1 saturated heterocycles. The van der Waals surface area contributed by atoms with Gasteiger partial charge in [0.1, 0.15) is 29.1 Å². The maximum Gasteiger partial charge on any atom is 0.417 e. The van der Waals surface area contributed by atoms with Gasteiger partial charge in [-0.15, -0.1) is 12.4 Å². The second-order valence-corrected chi connectivity index (χ2v) is 10.9. The van der Waals surface area contributed by atoms with Gasteiger partial charge in [-0.3, -0.25) is 9.29 Å². The summed E-state index contributed by atoms with van der Waals surface area (Å²) in [7, 11) is 0. The van der Waals surface area contributed by atoms with Gasteiger partial charge in [-0.25, -0.2) is 0 Å². The van der Waals surface area contributed by atoms with Gasteiger partial charge in [0.2, 0.25) is 0 Å². The summed E-state index contributed by atoms with van der Waals surface area (Å²) < 4.78 is 73.6. The normalized spacial score (nSPS) is 17.2.